The van der Waals surface area contributed by atoms with Crippen molar-refractivity contribution in [1.29, 1.82) is 0 Å². The SMILES string of the molecule is CCNC(=O)N(C)c1c(CC)nc2ccc(C(=O)N3CCN(c4ccccc4)CC3)cn12. The lowest BCUT2D eigenvalue weighted by Gasteiger charge is -2.36. The Hall–Kier alpha value is -3.55. The molecule has 4 rings (SSSR count). The highest BCUT2D eigenvalue weighted by Gasteiger charge is 2.24. The highest BCUT2D eigenvalue weighted by Crippen LogP contribution is 2.24. The number of nitrogens with zero attached hydrogens (tertiary/aromatic N) is 5. The molecule has 1 N–H and O–H groups in total. The molecule has 8 heteroatoms. The van der Waals surface area contributed by atoms with Gasteiger partial charge in [0.2, 0.25) is 0 Å². The molecule has 0 aliphatic carbocycles. The van der Waals surface area contributed by atoms with Gasteiger partial charge in [0.25, 0.3) is 5.91 Å². The molecule has 168 valence electrons. The van der Waals surface area contributed by atoms with Gasteiger partial charge in [0, 0.05) is 51.7 Å². The molecule has 0 saturated carbocycles. The van der Waals surface area contributed by atoms with E-state index in [9.17, 15) is 9.59 Å². The number of aryl methyl sites for hydroxylation is 1. The molecule has 3 amide bonds. The van der Waals surface area contributed by atoms with Gasteiger partial charge in [0.05, 0.1) is 11.3 Å². The summed E-state index contributed by atoms with van der Waals surface area (Å²) in [7, 11) is 1.73. The van der Waals surface area contributed by atoms with Crippen molar-refractivity contribution in [2.75, 3.05) is 49.6 Å². The van der Waals surface area contributed by atoms with Gasteiger partial charge in [-0.3, -0.25) is 14.1 Å². The van der Waals surface area contributed by atoms with Gasteiger partial charge in [-0.25, -0.2) is 9.78 Å². The first-order valence-electron chi connectivity index (χ1n) is 11.1. The van der Waals surface area contributed by atoms with Gasteiger partial charge >= 0.3 is 6.03 Å². The molecule has 1 fully saturated rings. The zero-order valence-electron chi connectivity index (χ0n) is 18.9. The van der Waals surface area contributed by atoms with Crippen LogP contribution in [0.5, 0.6) is 0 Å². The molecule has 3 aromatic rings. The maximum absolute atomic E-state index is 13.3. The molecule has 0 unspecified atom stereocenters. The molecule has 3 heterocycles. The number of piperazine rings is 1. The quantitative estimate of drug-likeness (QED) is 0.670. The molecule has 32 heavy (non-hydrogen) atoms. The number of rotatable bonds is 5. The number of nitrogens with one attached hydrogen (secondary N) is 1. The third-order valence-corrected chi connectivity index (χ3v) is 5.88. The lowest BCUT2D eigenvalue weighted by atomic mass is 10.2. The summed E-state index contributed by atoms with van der Waals surface area (Å²) in [5.41, 5.74) is 3.32. The standard InChI is InChI=1S/C24H30N6O2/c1-4-20-22(27(3)24(32)25-5-2)30-17-18(11-12-21(30)26-20)23(31)29-15-13-28(14-16-29)19-9-7-6-8-10-19/h6-12,17H,4-5,13-16H2,1-3H3,(H,25,32). The number of carbonyl (C=O) groups is 2. The number of imidazole rings is 1. The van der Waals surface area contributed by atoms with E-state index < -0.39 is 0 Å². The fourth-order valence-electron chi connectivity index (χ4n) is 4.15. The maximum atomic E-state index is 13.3. The number of amides is 3. The number of fused-ring (bicyclic) bond motifs is 1. The van der Waals surface area contributed by atoms with Crippen LogP contribution in [0.25, 0.3) is 5.65 Å². The average Bonchev–Trinajstić information content (AvgIpc) is 3.21. The number of hydrogen-bond donors (Lipinski definition) is 1. The number of anilines is 2. The molecular weight excluding hydrogens is 404 g/mol. The highest BCUT2D eigenvalue weighted by molar-refractivity contribution is 5.95. The molecule has 0 spiro atoms. The summed E-state index contributed by atoms with van der Waals surface area (Å²) in [5, 5.41) is 2.82. The highest BCUT2D eigenvalue weighted by atomic mass is 16.2. The second-order valence-corrected chi connectivity index (χ2v) is 7.89. The summed E-state index contributed by atoms with van der Waals surface area (Å²) in [6.45, 7) is 7.37. The third-order valence-electron chi connectivity index (χ3n) is 5.88. The second-order valence-electron chi connectivity index (χ2n) is 7.89. The smallest absolute Gasteiger partial charge is 0.322 e. The number of pyridine rings is 1. The number of carbonyl (C=O) groups excluding carboxylic acids is 2. The van der Waals surface area contributed by atoms with Crippen LogP contribution in [-0.4, -0.2) is 66.0 Å². The summed E-state index contributed by atoms with van der Waals surface area (Å²) in [6, 6.07) is 13.8. The van der Waals surface area contributed by atoms with Crippen LogP contribution in [0.3, 0.4) is 0 Å². The largest absolute Gasteiger partial charge is 0.368 e. The lowest BCUT2D eigenvalue weighted by molar-refractivity contribution is 0.0746. The maximum Gasteiger partial charge on any atom is 0.322 e. The van der Waals surface area contributed by atoms with Crippen molar-refractivity contribution in [3.63, 3.8) is 0 Å². The van der Waals surface area contributed by atoms with E-state index in [1.165, 1.54) is 5.69 Å². The van der Waals surface area contributed by atoms with Crippen LogP contribution >= 0.6 is 0 Å². The van der Waals surface area contributed by atoms with Crippen molar-refractivity contribution in [2.45, 2.75) is 20.3 Å². The molecule has 0 radical (unpaired) electrons. The predicted octanol–water partition coefficient (Wildman–Crippen LogP) is 3.02. The van der Waals surface area contributed by atoms with Crippen molar-refractivity contribution < 1.29 is 9.59 Å². The Bertz CT molecular complexity index is 1100. The van der Waals surface area contributed by atoms with Gasteiger partial charge in [-0.1, -0.05) is 25.1 Å². The van der Waals surface area contributed by atoms with E-state index in [4.69, 9.17) is 0 Å². The molecule has 1 aliphatic heterocycles. The van der Waals surface area contributed by atoms with Gasteiger partial charge < -0.3 is 15.1 Å². The predicted molar refractivity (Wildman–Crippen MR) is 127 cm³/mol. The van der Waals surface area contributed by atoms with E-state index in [0.29, 0.717) is 37.4 Å². The third kappa shape index (κ3) is 4.12. The first-order chi connectivity index (χ1) is 15.5. The van der Waals surface area contributed by atoms with Crippen LogP contribution < -0.4 is 15.1 Å². The fourth-order valence-corrected chi connectivity index (χ4v) is 4.15. The van der Waals surface area contributed by atoms with Crippen LogP contribution in [-0.2, 0) is 6.42 Å². The number of urea groups is 1. The van der Waals surface area contributed by atoms with Crippen LogP contribution in [0.15, 0.2) is 48.7 Å². The van der Waals surface area contributed by atoms with Crippen molar-refractivity contribution in [3.8, 4) is 0 Å². The van der Waals surface area contributed by atoms with E-state index >= 15 is 0 Å². The first-order valence-corrected chi connectivity index (χ1v) is 11.1. The van der Waals surface area contributed by atoms with Crippen molar-refractivity contribution in [2.24, 2.45) is 0 Å². The topological polar surface area (TPSA) is 73.2 Å². The summed E-state index contributed by atoms with van der Waals surface area (Å²) < 4.78 is 1.85. The number of para-hydroxylation sites is 1. The van der Waals surface area contributed by atoms with E-state index in [2.05, 4.69) is 27.3 Å². The fraction of sp³-hybridized carbons (Fsp3) is 0.375. The van der Waals surface area contributed by atoms with Crippen molar-refractivity contribution in [1.82, 2.24) is 19.6 Å². The zero-order chi connectivity index (χ0) is 22.7. The summed E-state index contributed by atoms with van der Waals surface area (Å²) >= 11 is 0. The Morgan fingerprint density at radius 3 is 2.41 bits per heavy atom. The molecule has 1 saturated heterocycles. The molecule has 0 atom stereocenters. The van der Waals surface area contributed by atoms with E-state index in [1.807, 2.05) is 53.5 Å². The lowest BCUT2D eigenvalue weighted by Crippen LogP contribution is -2.48. The first kappa shape index (κ1) is 21.7. The number of aromatic nitrogens is 2. The van der Waals surface area contributed by atoms with Gasteiger partial charge in [0.15, 0.2) is 0 Å². The minimum absolute atomic E-state index is 0.00188. The minimum Gasteiger partial charge on any atom is -0.368 e. The number of benzene rings is 1. The number of hydrogen-bond acceptors (Lipinski definition) is 4. The van der Waals surface area contributed by atoms with Crippen LogP contribution in [0.1, 0.15) is 29.9 Å². The Labute approximate surface area is 188 Å². The molecule has 2 aromatic heterocycles. The van der Waals surface area contributed by atoms with Gasteiger partial charge in [-0.2, -0.15) is 0 Å². The Kier molecular flexibility index (Phi) is 6.30. The van der Waals surface area contributed by atoms with Gasteiger partial charge in [0.1, 0.15) is 11.5 Å². The van der Waals surface area contributed by atoms with E-state index in [-0.39, 0.29) is 11.9 Å². The monoisotopic (exact) mass is 434 g/mol. The normalized spacial score (nSPS) is 14.0. The summed E-state index contributed by atoms with van der Waals surface area (Å²) in [5.74, 6) is 0.690. The summed E-state index contributed by atoms with van der Waals surface area (Å²) in [4.78, 5) is 36.1. The van der Waals surface area contributed by atoms with Gasteiger partial charge in [-0.15, -0.1) is 0 Å². The molecule has 1 aromatic carbocycles. The van der Waals surface area contributed by atoms with Crippen LogP contribution in [0.4, 0.5) is 16.3 Å². The molecular formula is C24H30N6O2. The molecule has 0 bridgehead atoms. The minimum atomic E-state index is -0.197. The van der Waals surface area contributed by atoms with Crippen LogP contribution in [0, 0.1) is 0 Å². The van der Waals surface area contributed by atoms with E-state index in [0.717, 1.165) is 24.4 Å². The average molecular weight is 435 g/mol. The van der Waals surface area contributed by atoms with E-state index in [1.54, 1.807) is 18.1 Å². The molecule has 8 nitrogen and oxygen atoms in total. The Morgan fingerprint density at radius 1 is 1.03 bits per heavy atom. The van der Waals surface area contributed by atoms with Gasteiger partial charge in [-0.05, 0) is 37.6 Å². The van der Waals surface area contributed by atoms with Crippen molar-refractivity contribution >= 4 is 29.1 Å². The molecule has 1 aliphatic rings. The Morgan fingerprint density at radius 2 is 1.75 bits per heavy atom. The summed E-state index contributed by atoms with van der Waals surface area (Å²) in [6.07, 6.45) is 2.49. The van der Waals surface area contributed by atoms with Crippen LogP contribution in [0.2, 0.25) is 0 Å². The zero-order valence-corrected chi connectivity index (χ0v) is 18.9. The van der Waals surface area contributed by atoms with Crippen molar-refractivity contribution in [3.05, 3.63) is 59.9 Å². The second kappa shape index (κ2) is 9.30. The Balaban J connectivity index is 1.56.